The molecule has 24 heavy (non-hydrogen) atoms. The summed E-state index contributed by atoms with van der Waals surface area (Å²) in [7, 11) is 0. The number of hydrogen-bond donors (Lipinski definition) is 3. The van der Waals surface area contributed by atoms with Crippen LogP contribution >= 0.6 is 0 Å². The van der Waals surface area contributed by atoms with Crippen LogP contribution in [0.4, 0.5) is 11.6 Å². The average molecular weight is 321 g/mol. The van der Waals surface area contributed by atoms with Gasteiger partial charge in [-0.25, -0.2) is 14.6 Å². The summed E-state index contributed by atoms with van der Waals surface area (Å²) < 4.78 is 4.72. The molecule has 0 spiro atoms. The van der Waals surface area contributed by atoms with Crippen molar-refractivity contribution in [2.75, 3.05) is 10.6 Å². The molecule has 1 aliphatic rings. The lowest BCUT2D eigenvalue weighted by Crippen LogP contribution is -2.10. The van der Waals surface area contributed by atoms with Gasteiger partial charge in [0, 0.05) is 29.7 Å². The summed E-state index contributed by atoms with van der Waals surface area (Å²) >= 11 is 0. The summed E-state index contributed by atoms with van der Waals surface area (Å²) in [5, 5.41) is 15.5. The van der Waals surface area contributed by atoms with Gasteiger partial charge in [0.1, 0.15) is 0 Å². The first-order valence-electron chi connectivity index (χ1n) is 7.92. The van der Waals surface area contributed by atoms with Gasteiger partial charge in [-0.1, -0.05) is 12.1 Å². The number of nitrogens with zero attached hydrogens (tertiary/aromatic N) is 4. The highest BCUT2D eigenvalue weighted by Crippen LogP contribution is 2.28. The predicted octanol–water partition coefficient (Wildman–Crippen LogP) is 2.68. The molecule has 120 valence electrons. The van der Waals surface area contributed by atoms with Crippen molar-refractivity contribution in [3.8, 4) is 0 Å². The summed E-state index contributed by atoms with van der Waals surface area (Å²) in [5.74, 6) is 1.36. The Labute approximate surface area is 136 Å². The van der Waals surface area contributed by atoms with Gasteiger partial charge in [0.15, 0.2) is 11.6 Å². The van der Waals surface area contributed by atoms with Gasteiger partial charge < -0.3 is 15.6 Å². The summed E-state index contributed by atoms with van der Waals surface area (Å²) in [4.78, 5) is 12.2. The molecule has 1 saturated carbocycles. The van der Waals surface area contributed by atoms with E-state index >= 15 is 0 Å². The second kappa shape index (κ2) is 5.19. The molecule has 0 aliphatic heterocycles. The summed E-state index contributed by atoms with van der Waals surface area (Å²) in [6.45, 7) is 0.639. The molecule has 5 rings (SSSR count). The van der Waals surface area contributed by atoms with Crippen LogP contribution in [0, 0.1) is 0 Å². The Morgan fingerprint density at radius 2 is 1.92 bits per heavy atom. The number of hydrogen-bond acceptors (Lipinski definition) is 7. The first kappa shape index (κ1) is 13.3. The van der Waals surface area contributed by atoms with Gasteiger partial charge in [0.2, 0.25) is 11.3 Å². The van der Waals surface area contributed by atoms with Crippen LogP contribution in [0.15, 0.2) is 35.1 Å². The van der Waals surface area contributed by atoms with Gasteiger partial charge in [-0.05, 0) is 40.9 Å². The van der Waals surface area contributed by atoms with E-state index in [1.54, 1.807) is 0 Å². The van der Waals surface area contributed by atoms with Gasteiger partial charge in [-0.15, -0.1) is 0 Å². The lowest BCUT2D eigenvalue weighted by Gasteiger charge is -2.11. The van der Waals surface area contributed by atoms with E-state index < -0.39 is 0 Å². The lowest BCUT2D eigenvalue weighted by atomic mass is 10.1. The summed E-state index contributed by atoms with van der Waals surface area (Å²) in [6.07, 6.45) is 4.25. The van der Waals surface area contributed by atoms with Crippen LogP contribution in [0.5, 0.6) is 0 Å². The molecule has 4 aromatic rings. The zero-order chi connectivity index (χ0) is 15.9. The van der Waals surface area contributed by atoms with E-state index in [4.69, 9.17) is 4.63 Å². The average Bonchev–Trinajstić information content (AvgIpc) is 3.10. The number of benzene rings is 1. The quantitative estimate of drug-likeness (QED) is 0.519. The molecule has 8 heteroatoms. The number of fused-ring (bicyclic) bond motifs is 2. The molecule has 3 aromatic heterocycles. The normalized spacial score (nSPS) is 14.3. The van der Waals surface area contributed by atoms with E-state index in [9.17, 15) is 0 Å². The van der Waals surface area contributed by atoms with Crippen LogP contribution in [0.2, 0.25) is 0 Å². The molecule has 1 aromatic carbocycles. The Morgan fingerprint density at radius 3 is 2.75 bits per heavy atom. The molecule has 0 radical (unpaired) electrons. The highest BCUT2D eigenvalue weighted by molar-refractivity contribution is 5.83. The van der Waals surface area contributed by atoms with Crippen LogP contribution < -0.4 is 10.6 Å². The molecule has 0 saturated heterocycles. The van der Waals surface area contributed by atoms with Crippen LogP contribution in [0.1, 0.15) is 18.4 Å². The SMILES string of the molecule is c1cc(CNc2nc3nonc3nc2NC2CC2)c2cc[nH]c2c1. The van der Waals surface area contributed by atoms with Crippen LogP contribution in [0.3, 0.4) is 0 Å². The third-order valence-corrected chi connectivity index (χ3v) is 4.16. The Morgan fingerprint density at radius 1 is 1.08 bits per heavy atom. The van der Waals surface area contributed by atoms with Crippen LogP contribution in [-0.2, 0) is 6.54 Å². The van der Waals surface area contributed by atoms with E-state index in [-0.39, 0.29) is 0 Å². The van der Waals surface area contributed by atoms with E-state index in [0.717, 1.165) is 18.4 Å². The van der Waals surface area contributed by atoms with Crippen molar-refractivity contribution in [2.24, 2.45) is 0 Å². The fourth-order valence-electron chi connectivity index (χ4n) is 2.77. The number of anilines is 2. The molecular formula is C16H15N7O. The number of nitrogens with one attached hydrogen (secondary N) is 3. The van der Waals surface area contributed by atoms with Crippen molar-refractivity contribution >= 4 is 33.8 Å². The molecule has 3 heterocycles. The van der Waals surface area contributed by atoms with Crippen molar-refractivity contribution in [2.45, 2.75) is 25.4 Å². The van der Waals surface area contributed by atoms with E-state index in [1.165, 1.54) is 10.9 Å². The Bertz CT molecular complexity index is 1020. The number of aromatic amines is 1. The highest BCUT2D eigenvalue weighted by atomic mass is 16.6. The molecule has 1 aliphatic carbocycles. The topological polar surface area (TPSA) is 105 Å². The third kappa shape index (κ3) is 2.32. The number of aromatic nitrogens is 5. The van der Waals surface area contributed by atoms with E-state index in [0.29, 0.717) is 35.5 Å². The molecule has 0 atom stereocenters. The monoisotopic (exact) mass is 321 g/mol. The molecule has 0 bridgehead atoms. The second-order valence-electron chi connectivity index (χ2n) is 5.96. The third-order valence-electron chi connectivity index (χ3n) is 4.16. The minimum atomic E-state index is 0.402. The molecule has 0 unspecified atom stereocenters. The van der Waals surface area contributed by atoms with E-state index in [2.05, 4.69) is 54.1 Å². The van der Waals surface area contributed by atoms with Crippen molar-refractivity contribution in [1.29, 1.82) is 0 Å². The van der Waals surface area contributed by atoms with Crippen molar-refractivity contribution in [3.05, 3.63) is 36.0 Å². The maximum Gasteiger partial charge on any atom is 0.245 e. The molecule has 0 amide bonds. The summed E-state index contributed by atoms with van der Waals surface area (Å²) in [5.41, 5.74) is 3.12. The largest absolute Gasteiger partial charge is 0.364 e. The van der Waals surface area contributed by atoms with Crippen molar-refractivity contribution in [3.63, 3.8) is 0 Å². The summed E-state index contributed by atoms with van der Waals surface area (Å²) in [6, 6.07) is 8.74. The van der Waals surface area contributed by atoms with Crippen molar-refractivity contribution < 1.29 is 4.63 Å². The fourth-order valence-corrected chi connectivity index (χ4v) is 2.77. The second-order valence-corrected chi connectivity index (χ2v) is 5.96. The van der Waals surface area contributed by atoms with Gasteiger partial charge >= 0.3 is 0 Å². The van der Waals surface area contributed by atoms with Gasteiger partial charge in [-0.2, -0.15) is 0 Å². The number of rotatable bonds is 5. The minimum Gasteiger partial charge on any atom is -0.364 e. The zero-order valence-electron chi connectivity index (χ0n) is 12.8. The van der Waals surface area contributed by atoms with Gasteiger partial charge in [0.25, 0.3) is 0 Å². The smallest absolute Gasteiger partial charge is 0.245 e. The maximum atomic E-state index is 4.72. The lowest BCUT2D eigenvalue weighted by molar-refractivity contribution is 0.314. The standard InChI is InChI=1S/C16H15N7O/c1-2-9(11-6-7-17-12(11)3-1)8-18-13-14(19-10-4-5-10)21-16-15(20-13)22-24-23-16/h1-3,6-7,10,17H,4-5,8H2,(H,18,20,22)(H,19,21,23). The van der Waals surface area contributed by atoms with Gasteiger partial charge in [0.05, 0.1) is 0 Å². The van der Waals surface area contributed by atoms with Crippen molar-refractivity contribution in [1.82, 2.24) is 25.3 Å². The van der Waals surface area contributed by atoms with Crippen LogP contribution in [-0.4, -0.2) is 31.3 Å². The van der Waals surface area contributed by atoms with Gasteiger partial charge in [-0.3, -0.25) is 0 Å². The highest BCUT2D eigenvalue weighted by Gasteiger charge is 2.24. The Hall–Kier alpha value is -3.16. The zero-order valence-corrected chi connectivity index (χ0v) is 12.8. The fraction of sp³-hybridized carbons (Fsp3) is 0.250. The molecular weight excluding hydrogens is 306 g/mol. The first-order valence-corrected chi connectivity index (χ1v) is 7.92. The van der Waals surface area contributed by atoms with E-state index in [1.807, 2.05) is 12.3 Å². The molecule has 3 N–H and O–H groups in total. The van der Waals surface area contributed by atoms with Crippen LogP contribution in [0.25, 0.3) is 22.2 Å². The molecule has 8 nitrogen and oxygen atoms in total. The first-order chi connectivity index (χ1) is 11.9. The minimum absolute atomic E-state index is 0.402. The molecule has 1 fully saturated rings. The Balaban J connectivity index is 1.47. The predicted molar refractivity (Wildman–Crippen MR) is 89.7 cm³/mol. The number of H-pyrrole nitrogens is 1. The Kier molecular flexibility index (Phi) is 2.87. The maximum absolute atomic E-state index is 4.72.